The van der Waals surface area contributed by atoms with E-state index < -0.39 is 5.97 Å². The van der Waals surface area contributed by atoms with Gasteiger partial charge in [0.25, 0.3) is 0 Å². The van der Waals surface area contributed by atoms with E-state index in [1.54, 1.807) is 6.92 Å². The van der Waals surface area contributed by atoms with E-state index >= 15 is 0 Å². The lowest BCUT2D eigenvalue weighted by molar-refractivity contribution is -0.141. The highest BCUT2D eigenvalue weighted by Crippen LogP contribution is 2.25. The molecular weight excluding hydrogens is 226 g/mol. The van der Waals surface area contributed by atoms with Crippen LogP contribution in [0.5, 0.6) is 0 Å². The Balaban J connectivity index is 2.48. The quantitative estimate of drug-likeness (QED) is 0.898. The van der Waals surface area contributed by atoms with Crippen LogP contribution in [0.4, 0.5) is 0 Å². The van der Waals surface area contributed by atoms with E-state index in [1.807, 2.05) is 0 Å². The van der Waals surface area contributed by atoms with Gasteiger partial charge in [0.1, 0.15) is 0 Å². The standard InChI is InChI=1S/C15H19NO2/c1-4-16-9-12(8-11(3)15(17)18)13-6-5-10(2)7-14(13)16/h5-7,9,11H,4,8H2,1-3H3,(H,17,18). The van der Waals surface area contributed by atoms with Gasteiger partial charge in [-0.2, -0.15) is 0 Å². The number of aliphatic carboxylic acids is 1. The molecule has 2 rings (SSSR count). The van der Waals surface area contributed by atoms with Crippen LogP contribution in [0.25, 0.3) is 10.9 Å². The number of hydrogen-bond donors (Lipinski definition) is 1. The fourth-order valence-electron chi connectivity index (χ4n) is 2.32. The van der Waals surface area contributed by atoms with Gasteiger partial charge in [-0.1, -0.05) is 19.1 Å². The summed E-state index contributed by atoms with van der Waals surface area (Å²) >= 11 is 0. The molecule has 1 heterocycles. The summed E-state index contributed by atoms with van der Waals surface area (Å²) in [6.45, 7) is 6.84. The summed E-state index contributed by atoms with van der Waals surface area (Å²) in [6.07, 6.45) is 2.67. The average Bonchev–Trinajstić information content (AvgIpc) is 2.66. The Morgan fingerprint density at radius 2 is 2.17 bits per heavy atom. The first-order chi connectivity index (χ1) is 8.52. The van der Waals surface area contributed by atoms with Crippen LogP contribution in [0.3, 0.4) is 0 Å². The van der Waals surface area contributed by atoms with Gasteiger partial charge < -0.3 is 9.67 Å². The van der Waals surface area contributed by atoms with Crippen LogP contribution in [0.2, 0.25) is 0 Å². The van der Waals surface area contributed by atoms with Gasteiger partial charge >= 0.3 is 5.97 Å². The molecular formula is C15H19NO2. The van der Waals surface area contributed by atoms with Crippen LogP contribution < -0.4 is 0 Å². The molecule has 18 heavy (non-hydrogen) atoms. The van der Waals surface area contributed by atoms with E-state index in [0.29, 0.717) is 6.42 Å². The summed E-state index contributed by atoms with van der Waals surface area (Å²) < 4.78 is 2.19. The lowest BCUT2D eigenvalue weighted by atomic mass is 10.0. The molecule has 96 valence electrons. The molecule has 0 saturated carbocycles. The van der Waals surface area contributed by atoms with Gasteiger partial charge in [-0.3, -0.25) is 4.79 Å². The van der Waals surface area contributed by atoms with Gasteiger partial charge in [-0.25, -0.2) is 0 Å². The number of benzene rings is 1. The first-order valence-corrected chi connectivity index (χ1v) is 6.34. The predicted molar refractivity (Wildman–Crippen MR) is 72.9 cm³/mol. The van der Waals surface area contributed by atoms with Crippen molar-refractivity contribution in [3.8, 4) is 0 Å². The third-order valence-corrected chi connectivity index (χ3v) is 3.41. The zero-order valence-corrected chi connectivity index (χ0v) is 11.1. The molecule has 3 nitrogen and oxygen atoms in total. The molecule has 3 heteroatoms. The second-order valence-corrected chi connectivity index (χ2v) is 4.90. The molecule has 0 fully saturated rings. The summed E-state index contributed by atoms with van der Waals surface area (Å²) in [5.74, 6) is -1.08. The van der Waals surface area contributed by atoms with Gasteiger partial charge in [-0.05, 0) is 37.5 Å². The molecule has 1 unspecified atom stereocenters. The summed E-state index contributed by atoms with van der Waals surface area (Å²) in [7, 11) is 0. The van der Waals surface area contributed by atoms with Crippen molar-refractivity contribution in [1.82, 2.24) is 4.57 Å². The molecule has 0 bridgehead atoms. The van der Waals surface area contributed by atoms with Crippen molar-refractivity contribution in [2.24, 2.45) is 5.92 Å². The number of aromatic nitrogens is 1. The van der Waals surface area contributed by atoms with E-state index in [9.17, 15) is 4.79 Å². The Labute approximate surface area is 107 Å². The van der Waals surface area contributed by atoms with Crippen LogP contribution in [-0.4, -0.2) is 15.6 Å². The Kier molecular flexibility index (Phi) is 3.41. The van der Waals surface area contributed by atoms with Crippen LogP contribution in [-0.2, 0) is 17.8 Å². The van der Waals surface area contributed by atoms with E-state index in [4.69, 9.17) is 5.11 Å². The van der Waals surface area contributed by atoms with Gasteiger partial charge in [-0.15, -0.1) is 0 Å². The molecule has 0 saturated heterocycles. The van der Waals surface area contributed by atoms with Crippen LogP contribution in [0, 0.1) is 12.8 Å². The molecule has 0 aliphatic heterocycles. The zero-order valence-electron chi connectivity index (χ0n) is 11.1. The maximum absolute atomic E-state index is 11.0. The van der Waals surface area contributed by atoms with Crippen LogP contribution >= 0.6 is 0 Å². The van der Waals surface area contributed by atoms with Crippen molar-refractivity contribution in [3.63, 3.8) is 0 Å². The number of rotatable bonds is 4. The smallest absolute Gasteiger partial charge is 0.306 e. The number of hydrogen-bond acceptors (Lipinski definition) is 1. The van der Waals surface area contributed by atoms with Crippen molar-refractivity contribution in [3.05, 3.63) is 35.5 Å². The van der Waals surface area contributed by atoms with Crippen molar-refractivity contribution in [2.75, 3.05) is 0 Å². The molecule has 0 spiro atoms. The fraction of sp³-hybridized carbons (Fsp3) is 0.400. The maximum atomic E-state index is 11.0. The maximum Gasteiger partial charge on any atom is 0.306 e. The molecule has 0 amide bonds. The fourth-order valence-corrected chi connectivity index (χ4v) is 2.32. The number of carboxylic acids is 1. The van der Waals surface area contributed by atoms with E-state index in [0.717, 1.165) is 12.1 Å². The van der Waals surface area contributed by atoms with Crippen molar-refractivity contribution in [2.45, 2.75) is 33.7 Å². The molecule has 1 aromatic heterocycles. The predicted octanol–water partition coefficient (Wildman–Crippen LogP) is 3.23. The Morgan fingerprint density at radius 3 is 2.78 bits per heavy atom. The Morgan fingerprint density at radius 1 is 1.44 bits per heavy atom. The van der Waals surface area contributed by atoms with Gasteiger partial charge in [0, 0.05) is 23.6 Å². The topological polar surface area (TPSA) is 42.2 Å². The molecule has 0 radical (unpaired) electrons. The second kappa shape index (κ2) is 4.84. The lowest BCUT2D eigenvalue weighted by Gasteiger charge is -2.04. The average molecular weight is 245 g/mol. The molecule has 0 aliphatic carbocycles. The van der Waals surface area contributed by atoms with Gasteiger partial charge in [0.2, 0.25) is 0 Å². The number of carboxylic acid groups (broad SMARTS) is 1. The van der Waals surface area contributed by atoms with Crippen LogP contribution in [0.1, 0.15) is 25.0 Å². The minimum absolute atomic E-state index is 0.345. The first-order valence-electron chi connectivity index (χ1n) is 6.34. The molecule has 2 aromatic rings. The molecule has 1 aromatic carbocycles. The third-order valence-electron chi connectivity index (χ3n) is 3.41. The van der Waals surface area contributed by atoms with E-state index in [2.05, 4.69) is 42.8 Å². The highest BCUT2D eigenvalue weighted by atomic mass is 16.4. The minimum Gasteiger partial charge on any atom is -0.481 e. The minimum atomic E-state index is -0.737. The summed E-state index contributed by atoms with van der Waals surface area (Å²) in [4.78, 5) is 11.0. The monoisotopic (exact) mass is 245 g/mol. The Bertz CT molecular complexity index is 583. The summed E-state index contributed by atoms with van der Waals surface area (Å²) in [5, 5.41) is 10.2. The first kappa shape index (κ1) is 12.7. The summed E-state index contributed by atoms with van der Waals surface area (Å²) in [5.41, 5.74) is 3.56. The number of nitrogens with zero attached hydrogens (tertiary/aromatic N) is 1. The zero-order chi connectivity index (χ0) is 13.3. The van der Waals surface area contributed by atoms with Gasteiger partial charge in [0.15, 0.2) is 0 Å². The Hall–Kier alpha value is -1.77. The highest BCUT2D eigenvalue weighted by molar-refractivity contribution is 5.85. The lowest BCUT2D eigenvalue weighted by Crippen LogP contribution is -2.11. The molecule has 0 aliphatic rings. The number of fused-ring (bicyclic) bond motifs is 1. The summed E-state index contributed by atoms with van der Waals surface area (Å²) in [6, 6.07) is 6.34. The van der Waals surface area contributed by atoms with Gasteiger partial charge in [0.05, 0.1) is 5.92 Å². The van der Waals surface area contributed by atoms with Crippen molar-refractivity contribution >= 4 is 16.9 Å². The van der Waals surface area contributed by atoms with E-state index in [1.165, 1.54) is 16.5 Å². The highest BCUT2D eigenvalue weighted by Gasteiger charge is 2.15. The van der Waals surface area contributed by atoms with Crippen LogP contribution in [0.15, 0.2) is 24.4 Å². The molecule has 1 atom stereocenters. The number of aryl methyl sites for hydroxylation is 2. The third kappa shape index (κ3) is 2.26. The van der Waals surface area contributed by atoms with Crippen molar-refractivity contribution < 1.29 is 9.90 Å². The van der Waals surface area contributed by atoms with E-state index in [-0.39, 0.29) is 5.92 Å². The normalized spacial score (nSPS) is 12.8. The number of carbonyl (C=O) groups is 1. The second-order valence-electron chi connectivity index (χ2n) is 4.90. The SMILES string of the molecule is CCn1cc(CC(C)C(=O)O)c2ccc(C)cc21. The largest absolute Gasteiger partial charge is 0.481 e. The van der Waals surface area contributed by atoms with Crippen molar-refractivity contribution in [1.29, 1.82) is 0 Å². The molecule has 1 N–H and O–H groups in total.